The first-order valence-electron chi connectivity index (χ1n) is 3.30. The number of benzene rings is 1. The van der Waals surface area contributed by atoms with Gasteiger partial charge in [-0.1, -0.05) is 18.2 Å². The van der Waals surface area contributed by atoms with Crippen molar-refractivity contribution < 1.29 is 0 Å². The van der Waals surface area contributed by atoms with Gasteiger partial charge in [0.25, 0.3) is 0 Å². The number of H-pyrrole nitrogens is 1. The molecule has 0 unspecified atom stereocenters. The first-order valence-corrected chi connectivity index (χ1v) is 3.30. The summed E-state index contributed by atoms with van der Waals surface area (Å²) in [4.78, 5) is 16.9. The van der Waals surface area contributed by atoms with Crippen LogP contribution in [-0.4, -0.2) is 9.97 Å². The van der Waals surface area contributed by atoms with Crippen molar-refractivity contribution in [2.24, 2.45) is 0 Å². The van der Waals surface area contributed by atoms with Crippen molar-refractivity contribution in [2.75, 3.05) is 0 Å². The minimum absolute atomic E-state index is 0. The fourth-order valence-electron chi connectivity index (χ4n) is 0.999. The lowest BCUT2D eigenvalue weighted by Crippen LogP contribution is -2.07. The molecule has 4 heteroatoms. The van der Waals surface area contributed by atoms with Crippen molar-refractivity contribution in [1.29, 1.82) is 0 Å². The molecule has 0 bridgehead atoms. The fraction of sp³-hybridized carbons (Fsp3) is 0. The van der Waals surface area contributed by atoms with E-state index in [0.29, 0.717) is 0 Å². The second kappa shape index (κ2) is 3.15. The van der Waals surface area contributed by atoms with E-state index in [1.165, 1.54) is 0 Å². The van der Waals surface area contributed by atoms with E-state index < -0.39 is 0 Å². The number of para-hydroxylation sites is 1. The normalized spacial score (nSPS) is 9.33. The van der Waals surface area contributed by atoms with Crippen LogP contribution in [0.1, 0.15) is 0 Å². The van der Waals surface area contributed by atoms with E-state index >= 15 is 0 Å². The van der Waals surface area contributed by atoms with Crippen LogP contribution in [0, 0.1) is 0 Å². The van der Waals surface area contributed by atoms with Gasteiger partial charge in [-0.05, 0) is 6.07 Å². The minimum atomic E-state index is -0.302. The molecule has 0 fully saturated rings. The molecule has 0 saturated heterocycles. The average molecular weight is 163 g/mol. The summed E-state index contributed by atoms with van der Waals surface area (Å²) in [5.41, 5.74) is 0.524. The molecular formula is C8H9N3O. The molecule has 0 saturated carbocycles. The van der Waals surface area contributed by atoms with E-state index in [1.54, 1.807) is 6.20 Å². The number of hydrogen-bond donors (Lipinski definition) is 2. The molecule has 62 valence electrons. The van der Waals surface area contributed by atoms with Crippen molar-refractivity contribution in [2.45, 2.75) is 0 Å². The largest absolute Gasteiger partial charge is 0.345 e. The number of aromatic nitrogens is 2. The lowest BCUT2D eigenvalue weighted by atomic mass is 10.2. The van der Waals surface area contributed by atoms with Crippen molar-refractivity contribution >= 4 is 10.9 Å². The molecule has 12 heavy (non-hydrogen) atoms. The van der Waals surface area contributed by atoms with Crippen LogP contribution in [0.3, 0.4) is 0 Å². The standard InChI is InChI=1S/C8H6N2O.H3N/c11-8-9-5-6-3-1-2-4-7(6)10-8;/h1-5H,(H,9,10,11);1H3. The Morgan fingerprint density at radius 2 is 2.00 bits per heavy atom. The van der Waals surface area contributed by atoms with Crippen LogP contribution in [-0.2, 0) is 0 Å². The van der Waals surface area contributed by atoms with Crippen LogP contribution in [0.2, 0.25) is 0 Å². The van der Waals surface area contributed by atoms with Gasteiger partial charge in [0.2, 0.25) is 0 Å². The summed E-state index contributed by atoms with van der Waals surface area (Å²) in [5.74, 6) is 0. The van der Waals surface area contributed by atoms with Gasteiger partial charge in [-0.15, -0.1) is 0 Å². The Morgan fingerprint density at radius 1 is 1.25 bits per heavy atom. The van der Waals surface area contributed by atoms with Gasteiger partial charge in [0, 0.05) is 11.6 Å². The highest BCUT2D eigenvalue weighted by Crippen LogP contribution is 2.05. The minimum Gasteiger partial charge on any atom is -0.344 e. The van der Waals surface area contributed by atoms with Crippen LogP contribution in [0.15, 0.2) is 35.3 Å². The number of nitrogens with one attached hydrogen (secondary N) is 1. The van der Waals surface area contributed by atoms with E-state index in [4.69, 9.17) is 0 Å². The third-order valence-electron chi connectivity index (χ3n) is 1.52. The van der Waals surface area contributed by atoms with E-state index in [-0.39, 0.29) is 11.8 Å². The maximum absolute atomic E-state index is 10.7. The van der Waals surface area contributed by atoms with Gasteiger partial charge in [0.05, 0.1) is 5.52 Å². The summed E-state index contributed by atoms with van der Waals surface area (Å²) >= 11 is 0. The van der Waals surface area contributed by atoms with E-state index in [0.717, 1.165) is 10.9 Å². The van der Waals surface area contributed by atoms with Gasteiger partial charge in [0.15, 0.2) is 0 Å². The van der Waals surface area contributed by atoms with Crippen LogP contribution in [0.5, 0.6) is 0 Å². The summed E-state index contributed by atoms with van der Waals surface area (Å²) in [6.07, 6.45) is 1.56. The first kappa shape index (κ1) is 8.42. The molecular weight excluding hydrogens is 154 g/mol. The molecule has 0 amide bonds. The zero-order chi connectivity index (χ0) is 7.68. The highest BCUT2D eigenvalue weighted by molar-refractivity contribution is 5.76. The molecule has 1 aromatic carbocycles. The lowest BCUT2D eigenvalue weighted by molar-refractivity contribution is 1.12. The Morgan fingerprint density at radius 3 is 2.83 bits per heavy atom. The third kappa shape index (κ3) is 1.33. The molecule has 4 N–H and O–H groups in total. The molecule has 0 aliphatic rings. The van der Waals surface area contributed by atoms with Crippen molar-refractivity contribution in [3.05, 3.63) is 40.9 Å². The Hall–Kier alpha value is -1.68. The van der Waals surface area contributed by atoms with Crippen LogP contribution >= 0.6 is 0 Å². The van der Waals surface area contributed by atoms with Gasteiger partial charge in [-0.2, -0.15) is 0 Å². The zero-order valence-corrected chi connectivity index (χ0v) is 6.45. The summed E-state index contributed by atoms with van der Waals surface area (Å²) in [7, 11) is 0. The van der Waals surface area contributed by atoms with Gasteiger partial charge < -0.3 is 11.1 Å². The molecule has 0 aliphatic heterocycles. The summed E-state index contributed by atoms with van der Waals surface area (Å²) < 4.78 is 0. The number of fused-ring (bicyclic) bond motifs is 1. The number of rotatable bonds is 0. The van der Waals surface area contributed by atoms with Crippen LogP contribution in [0.25, 0.3) is 10.9 Å². The predicted octanol–water partition coefficient (Wildman–Crippen LogP) is 1.09. The average Bonchev–Trinajstić information content (AvgIpc) is 2.04. The topological polar surface area (TPSA) is 80.8 Å². The van der Waals surface area contributed by atoms with Crippen molar-refractivity contribution in [3.8, 4) is 0 Å². The highest BCUT2D eigenvalue weighted by atomic mass is 16.1. The first-order chi connectivity index (χ1) is 5.36. The number of hydrogen-bond acceptors (Lipinski definition) is 3. The molecule has 2 rings (SSSR count). The molecule has 1 aromatic heterocycles. The van der Waals surface area contributed by atoms with E-state index in [2.05, 4.69) is 9.97 Å². The quantitative estimate of drug-likeness (QED) is 0.609. The molecule has 1 heterocycles. The Balaban J connectivity index is 0.000000720. The van der Waals surface area contributed by atoms with Gasteiger partial charge >= 0.3 is 5.69 Å². The predicted molar refractivity (Wildman–Crippen MR) is 47.4 cm³/mol. The second-order valence-corrected chi connectivity index (χ2v) is 2.28. The Labute approximate surface area is 68.8 Å². The lowest BCUT2D eigenvalue weighted by Gasteiger charge is -1.92. The van der Waals surface area contributed by atoms with Crippen LogP contribution < -0.4 is 11.8 Å². The molecule has 2 aromatic rings. The smallest absolute Gasteiger partial charge is 0.344 e. The monoisotopic (exact) mass is 163 g/mol. The number of aromatic amines is 1. The van der Waals surface area contributed by atoms with E-state index in [9.17, 15) is 4.79 Å². The SMILES string of the molecule is N.O=c1ncc2ccccc2[nH]1. The van der Waals surface area contributed by atoms with Gasteiger partial charge in [-0.25, -0.2) is 9.78 Å². The third-order valence-corrected chi connectivity index (χ3v) is 1.52. The molecule has 4 nitrogen and oxygen atoms in total. The Kier molecular flexibility index (Phi) is 2.21. The molecule has 0 radical (unpaired) electrons. The fourth-order valence-corrected chi connectivity index (χ4v) is 0.999. The summed E-state index contributed by atoms with van der Waals surface area (Å²) in [6, 6.07) is 7.53. The summed E-state index contributed by atoms with van der Waals surface area (Å²) in [5, 5.41) is 0.951. The molecule has 0 spiro atoms. The van der Waals surface area contributed by atoms with Crippen molar-refractivity contribution in [1.82, 2.24) is 16.1 Å². The zero-order valence-electron chi connectivity index (χ0n) is 6.45. The van der Waals surface area contributed by atoms with E-state index in [1.807, 2.05) is 24.3 Å². The summed E-state index contributed by atoms with van der Waals surface area (Å²) in [6.45, 7) is 0. The number of nitrogens with zero attached hydrogens (tertiary/aromatic N) is 1. The van der Waals surface area contributed by atoms with Gasteiger partial charge in [-0.3, -0.25) is 0 Å². The Bertz CT molecular complexity index is 435. The molecule has 0 aliphatic carbocycles. The maximum Gasteiger partial charge on any atom is 0.345 e. The maximum atomic E-state index is 10.7. The second-order valence-electron chi connectivity index (χ2n) is 2.28. The molecule has 0 atom stereocenters. The van der Waals surface area contributed by atoms with Crippen molar-refractivity contribution in [3.63, 3.8) is 0 Å². The van der Waals surface area contributed by atoms with Crippen LogP contribution in [0.4, 0.5) is 0 Å². The highest BCUT2D eigenvalue weighted by Gasteiger charge is 1.90. The van der Waals surface area contributed by atoms with Gasteiger partial charge in [0.1, 0.15) is 0 Å².